The van der Waals surface area contributed by atoms with Crippen LogP contribution >= 0.6 is 0 Å². The number of methoxy groups -OCH3 is 1. The number of hydrogen-bond acceptors (Lipinski definition) is 6. The lowest BCUT2D eigenvalue weighted by Crippen LogP contribution is -2.44. The van der Waals surface area contributed by atoms with Crippen molar-refractivity contribution in [2.75, 3.05) is 20.3 Å². The van der Waals surface area contributed by atoms with E-state index in [4.69, 9.17) is 14.2 Å². The van der Waals surface area contributed by atoms with Crippen molar-refractivity contribution in [3.63, 3.8) is 0 Å². The first kappa shape index (κ1) is 29.2. The summed E-state index contributed by atoms with van der Waals surface area (Å²) in [7, 11) is 1.43. The van der Waals surface area contributed by atoms with E-state index >= 15 is 0 Å². The highest BCUT2D eigenvalue weighted by molar-refractivity contribution is 5.75. The number of carboxylic acids is 1. The van der Waals surface area contributed by atoms with Gasteiger partial charge in [-0.25, -0.2) is 0 Å². The largest absolute Gasteiger partial charge is 0.493 e. The summed E-state index contributed by atoms with van der Waals surface area (Å²) in [6.07, 6.45) is 6.23. The molecule has 0 aromatic heterocycles. The zero-order valence-electron chi connectivity index (χ0n) is 25.1. The van der Waals surface area contributed by atoms with Gasteiger partial charge in [0.15, 0.2) is 0 Å². The molecule has 0 spiro atoms. The van der Waals surface area contributed by atoms with Crippen LogP contribution in [0, 0.1) is 18.8 Å². The van der Waals surface area contributed by atoms with E-state index in [0.717, 1.165) is 67.7 Å². The summed E-state index contributed by atoms with van der Waals surface area (Å²) in [6.45, 7) is 4.31. The summed E-state index contributed by atoms with van der Waals surface area (Å²) in [5.74, 6) is 0.656. The molecular formula is C36H41NO6. The zero-order valence-corrected chi connectivity index (χ0v) is 25.1. The summed E-state index contributed by atoms with van der Waals surface area (Å²) in [6, 6.07) is 18.3. The zero-order chi connectivity index (χ0) is 29.9. The number of carboxylic acid groups (broad SMARTS) is 1. The lowest BCUT2D eigenvalue weighted by Gasteiger charge is -2.34. The molecule has 1 N–H and O–H groups in total. The Labute approximate surface area is 253 Å². The molecule has 2 fully saturated rings. The van der Waals surface area contributed by atoms with Crippen molar-refractivity contribution in [2.45, 2.75) is 71.1 Å². The van der Waals surface area contributed by atoms with Gasteiger partial charge in [-0.1, -0.05) is 55.0 Å². The van der Waals surface area contributed by atoms with Crippen molar-refractivity contribution in [1.29, 1.82) is 0 Å². The number of fused-ring (bicyclic) bond motifs is 1. The van der Waals surface area contributed by atoms with Crippen LogP contribution in [-0.2, 0) is 40.3 Å². The molecular weight excluding hydrogens is 542 g/mol. The predicted molar refractivity (Wildman–Crippen MR) is 164 cm³/mol. The van der Waals surface area contributed by atoms with Crippen LogP contribution in [0.25, 0.3) is 11.1 Å². The number of hydrogen-bond donors (Lipinski definition) is 1. The summed E-state index contributed by atoms with van der Waals surface area (Å²) in [5.41, 5.74) is 8.24. The molecule has 226 valence electrons. The SMILES string of the molecule is COC(=O)[C@@H]1C[C@@H]1COc1cc(OCc2cccc(-c3ccccc3)c2C)c2c(c1CN1CCCC[C@H]1C(=O)O)CCC2. The van der Waals surface area contributed by atoms with Gasteiger partial charge in [-0.3, -0.25) is 14.5 Å². The normalized spacial score (nSPS) is 21.2. The first-order valence-electron chi connectivity index (χ1n) is 15.6. The molecule has 0 bridgehead atoms. The number of likely N-dealkylation sites (tertiary alicyclic amines) is 1. The van der Waals surface area contributed by atoms with Gasteiger partial charge in [-0.05, 0) is 85.4 Å². The van der Waals surface area contributed by atoms with E-state index < -0.39 is 12.0 Å². The molecule has 6 rings (SSSR count). The Kier molecular flexibility index (Phi) is 8.70. The summed E-state index contributed by atoms with van der Waals surface area (Å²) in [4.78, 5) is 26.2. The number of rotatable bonds is 11. The molecule has 3 aromatic rings. The lowest BCUT2D eigenvalue weighted by molar-refractivity contribution is -0.145. The van der Waals surface area contributed by atoms with Crippen molar-refractivity contribution in [3.8, 4) is 22.6 Å². The van der Waals surface area contributed by atoms with Crippen molar-refractivity contribution in [1.82, 2.24) is 4.90 Å². The van der Waals surface area contributed by atoms with E-state index in [1.54, 1.807) is 0 Å². The maximum absolute atomic E-state index is 12.1. The number of nitrogens with zero attached hydrogens (tertiary/aromatic N) is 1. The predicted octanol–water partition coefficient (Wildman–Crippen LogP) is 6.36. The Morgan fingerprint density at radius 1 is 0.953 bits per heavy atom. The van der Waals surface area contributed by atoms with Crippen molar-refractivity contribution in [2.24, 2.45) is 11.8 Å². The molecule has 2 aliphatic carbocycles. The van der Waals surface area contributed by atoms with Crippen LogP contribution in [0.2, 0.25) is 0 Å². The van der Waals surface area contributed by atoms with Gasteiger partial charge >= 0.3 is 11.9 Å². The van der Waals surface area contributed by atoms with Crippen molar-refractivity contribution in [3.05, 3.63) is 82.4 Å². The second-order valence-electron chi connectivity index (χ2n) is 12.2. The minimum absolute atomic E-state index is 0.114. The third kappa shape index (κ3) is 6.28. The summed E-state index contributed by atoms with van der Waals surface area (Å²) < 4.78 is 18.0. The fraction of sp³-hybridized carbons (Fsp3) is 0.444. The standard InChI is InChI=1S/C36H41NO6/c1-23-25(12-8-13-27(23)24-10-4-3-5-11-24)21-42-33-19-34(43-22-26-18-30(26)36(40)41-2)31(28-14-9-15-29(28)33)20-37-17-7-6-16-32(37)35(38)39/h3-5,8,10-13,19,26,30,32H,6-7,9,14-18,20-22H2,1-2H3,(H,38,39)/t26-,30-,32+/m1/s1. The third-order valence-corrected chi connectivity index (χ3v) is 9.49. The second-order valence-corrected chi connectivity index (χ2v) is 12.2. The number of aliphatic carboxylic acids is 1. The van der Waals surface area contributed by atoms with Gasteiger partial charge in [-0.15, -0.1) is 0 Å². The highest BCUT2D eigenvalue weighted by atomic mass is 16.5. The van der Waals surface area contributed by atoms with E-state index in [2.05, 4.69) is 54.3 Å². The van der Waals surface area contributed by atoms with E-state index in [1.165, 1.54) is 34.9 Å². The smallest absolute Gasteiger partial charge is 0.320 e. The maximum Gasteiger partial charge on any atom is 0.320 e. The van der Waals surface area contributed by atoms with Gasteiger partial charge in [-0.2, -0.15) is 0 Å². The molecule has 7 heteroatoms. The highest BCUT2D eigenvalue weighted by Gasteiger charge is 2.44. The monoisotopic (exact) mass is 583 g/mol. The topological polar surface area (TPSA) is 85.3 Å². The Morgan fingerprint density at radius 2 is 1.77 bits per heavy atom. The number of piperidine rings is 1. The first-order valence-corrected chi connectivity index (χ1v) is 15.6. The molecule has 0 radical (unpaired) electrons. The number of carbonyl (C=O) groups excluding carboxylic acids is 1. The Bertz CT molecular complexity index is 1480. The van der Waals surface area contributed by atoms with Crippen LogP contribution in [0.15, 0.2) is 54.6 Å². The molecule has 1 aliphatic heterocycles. The second kappa shape index (κ2) is 12.8. The molecule has 1 saturated carbocycles. The van der Waals surface area contributed by atoms with Gasteiger partial charge in [0.05, 0.1) is 19.6 Å². The van der Waals surface area contributed by atoms with E-state index in [0.29, 0.717) is 26.2 Å². The number of ether oxygens (including phenoxy) is 3. The quantitative estimate of drug-likeness (QED) is 0.263. The van der Waals surface area contributed by atoms with E-state index in [-0.39, 0.29) is 17.8 Å². The third-order valence-electron chi connectivity index (χ3n) is 9.49. The van der Waals surface area contributed by atoms with Crippen LogP contribution in [0.4, 0.5) is 0 Å². The highest BCUT2D eigenvalue weighted by Crippen LogP contribution is 2.44. The van der Waals surface area contributed by atoms with Crippen molar-refractivity contribution < 1.29 is 28.9 Å². The number of carbonyl (C=O) groups is 2. The van der Waals surface area contributed by atoms with Gasteiger partial charge in [0, 0.05) is 24.1 Å². The number of esters is 1. The number of benzene rings is 3. The summed E-state index contributed by atoms with van der Waals surface area (Å²) >= 11 is 0. The van der Waals surface area contributed by atoms with Crippen LogP contribution in [0.1, 0.15) is 59.9 Å². The Hall–Kier alpha value is -3.84. The lowest BCUT2D eigenvalue weighted by atomic mass is 9.96. The first-order chi connectivity index (χ1) is 20.9. The molecule has 1 heterocycles. The van der Waals surface area contributed by atoms with Crippen LogP contribution in [0.3, 0.4) is 0 Å². The van der Waals surface area contributed by atoms with Gasteiger partial charge < -0.3 is 19.3 Å². The molecule has 3 aromatic carbocycles. The Morgan fingerprint density at radius 3 is 2.56 bits per heavy atom. The molecule has 1 saturated heterocycles. The molecule has 7 nitrogen and oxygen atoms in total. The van der Waals surface area contributed by atoms with Crippen molar-refractivity contribution >= 4 is 11.9 Å². The molecule has 3 aliphatic rings. The average Bonchev–Trinajstić information content (AvgIpc) is 3.64. The minimum atomic E-state index is -0.759. The van der Waals surface area contributed by atoms with Gasteiger partial charge in [0.25, 0.3) is 0 Å². The van der Waals surface area contributed by atoms with Gasteiger partial charge in [0.1, 0.15) is 24.1 Å². The molecule has 0 amide bonds. The van der Waals surface area contributed by atoms with Crippen LogP contribution in [0.5, 0.6) is 11.5 Å². The molecule has 3 atom stereocenters. The van der Waals surface area contributed by atoms with Crippen LogP contribution < -0.4 is 9.47 Å². The van der Waals surface area contributed by atoms with E-state index in [1.807, 2.05) is 12.1 Å². The maximum atomic E-state index is 12.1. The summed E-state index contributed by atoms with van der Waals surface area (Å²) in [5, 5.41) is 9.94. The average molecular weight is 584 g/mol. The minimum Gasteiger partial charge on any atom is -0.493 e. The fourth-order valence-corrected chi connectivity index (χ4v) is 6.88. The fourth-order valence-electron chi connectivity index (χ4n) is 6.88. The molecule has 43 heavy (non-hydrogen) atoms. The Balaban J connectivity index is 1.29. The van der Waals surface area contributed by atoms with E-state index in [9.17, 15) is 14.7 Å². The van der Waals surface area contributed by atoms with Crippen LogP contribution in [-0.4, -0.2) is 48.2 Å². The van der Waals surface area contributed by atoms with Gasteiger partial charge in [0.2, 0.25) is 0 Å². The molecule has 0 unspecified atom stereocenters.